The molecule has 0 radical (unpaired) electrons. The molecule has 2 heterocycles. The Morgan fingerprint density at radius 2 is 1.96 bits per heavy atom. The SMILES string of the molecule is Cc1cccc(-n2c(C)cc(/C=C/c3nc(O)c([N+](=O)[O-])c(=O)[nH]3)c2C)c1. The molecular weight excluding hydrogens is 348 g/mol. The number of nitro groups is 1. The molecule has 0 saturated heterocycles. The summed E-state index contributed by atoms with van der Waals surface area (Å²) < 4.78 is 2.11. The summed E-state index contributed by atoms with van der Waals surface area (Å²) in [5.41, 5.74) is 3.15. The molecule has 0 saturated carbocycles. The Morgan fingerprint density at radius 3 is 2.59 bits per heavy atom. The number of nitrogens with one attached hydrogen (secondary N) is 1. The Morgan fingerprint density at radius 1 is 1.22 bits per heavy atom. The number of aromatic amines is 1. The van der Waals surface area contributed by atoms with Gasteiger partial charge in [0.05, 0.1) is 4.92 Å². The van der Waals surface area contributed by atoms with E-state index in [0.29, 0.717) is 0 Å². The molecule has 27 heavy (non-hydrogen) atoms. The zero-order valence-electron chi connectivity index (χ0n) is 15.1. The highest BCUT2D eigenvalue weighted by atomic mass is 16.6. The molecule has 0 aliphatic carbocycles. The lowest BCUT2D eigenvalue weighted by Crippen LogP contribution is -2.14. The monoisotopic (exact) mass is 366 g/mol. The van der Waals surface area contributed by atoms with Crippen molar-refractivity contribution < 1.29 is 10.0 Å². The molecule has 0 atom stereocenters. The summed E-state index contributed by atoms with van der Waals surface area (Å²) in [4.78, 5) is 27.4. The topological polar surface area (TPSA) is 114 Å². The Labute approximate surface area is 154 Å². The Balaban J connectivity index is 1.99. The third-order valence-corrected chi connectivity index (χ3v) is 4.23. The molecule has 3 aromatic rings. The van der Waals surface area contributed by atoms with Gasteiger partial charge in [0.25, 0.3) is 5.88 Å². The molecule has 0 spiro atoms. The van der Waals surface area contributed by atoms with Gasteiger partial charge in [0.1, 0.15) is 5.82 Å². The zero-order valence-corrected chi connectivity index (χ0v) is 15.1. The van der Waals surface area contributed by atoms with Gasteiger partial charge in [0, 0.05) is 17.1 Å². The quantitative estimate of drug-likeness (QED) is 0.543. The minimum absolute atomic E-state index is 0.0310. The van der Waals surface area contributed by atoms with Crippen LogP contribution < -0.4 is 5.56 Å². The Bertz CT molecular complexity index is 1130. The first kappa shape index (κ1) is 18.1. The second-order valence-electron chi connectivity index (χ2n) is 6.21. The van der Waals surface area contributed by atoms with Crippen LogP contribution in [0.15, 0.2) is 35.1 Å². The van der Waals surface area contributed by atoms with Gasteiger partial charge < -0.3 is 14.7 Å². The first-order valence-corrected chi connectivity index (χ1v) is 8.19. The van der Waals surface area contributed by atoms with Crippen molar-refractivity contribution in [3.8, 4) is 11.6 Å². The largest absolute Gasteiger partial charge is 0.488 e. The van der Waals surface area contributed by atoms with E-state index in [1.54, 1.807) is 6.08 Å². The van der Waals surface area contributed by atoms with Crippen molar-refractivity contribution in [2.24, 2.45) is 0 Å². The van der Waals surface area contributed by atoms with Crippen LogP contribution >= 0.6 is 0 Å². The zero-order chi connectivity index (χ0) is 19.7. The van der Waals surface area contributed by atoms with Crippen molar-refractivity contribution in [1.82, 2.24) is 14.5 Å². The first-order chi connectivity index (χ1) is 12.8. The van der Waals surface area contributed by atoms with E-state index in [0.717, 1.165) is 28.2 Å². The molecule has 0 fully saturated rings. The molecule has 3 rings (SSSR count). The van der Waals surface area contributed by atoms with Gasteiger partial charge in [-0.15, -0.1) is 0 Å². The molecule has 0 unspecified atom stereocenters. The first-order valence-electron chi connectivity index (χ1n) is 8.19. The lowest BCUT2D eigenvalue weighted by atomic mass is 10.2. The number of nitrogens with zero attached hydrogens (tertiary/aromatic N) is 3. The van der Waals surface area contributed by atoms with Crippen molar-refractivity contribution in [2.45, 2.75) is 20.8 Å². The van der Waals surface area contributed by atoms with Crippen LogP contribution in [0.5, 0.6) is 5.88 Å². The smallest absolute Gasteiger partial charge is 0.395 e. The number of hydrogen-bond donors (Lipinski definition) is 2. The molecule has 8 heteroatoms. The van der Waals surface area contributed by atoms with Gasteiger partial charge in [-0.2, -0.15) is 4.98 Å². The molecule has 2 aromatic heterocycles. The maximum atomic E-state index is 11.7. The molecule has 0 bridgehead atoms. The minimum atomic E-state index is -1.00. The molecule has 0 amide bonds. The highest BCUT2D eigenvalue weighted by Crippen LogP contribution is 2.23. The molecule has 0 aliphatic rings. The van der Waals surface area contributed by atoms with Crippen LogP contribution in [0, 0.1) is 30.9 Å². The minimum Gasteiger partial charge on any atom is -0.488 e. The summed E-state index contributed by atoms with van der Waals surface area (Å²) in [6.07, 6.45) is 3.23. The summed E-state index contributed by atoms with van der Waals surface area (Å²) in [5.74, 6) is -0.878. The van der Waals surface area contributed by atoms with E-state index in [1.165, 1.54) is 6.08 Å². The van der Waals surface area contributed by atoms with E-state index >= 15 is 0 Å². The molecular formula is C19H18N4O4. The predicted molar refractivity (Wildman–Crippen MR) is 102 cm³/mol. The predicted octanol–water partition coefficient (Wildman–Crippen LogP) is 3.27. The number of hydrogen-bond acceptors (Lipinski definition) is 5. The summed E-state index contributed by atoms with van der Waals surface area (Å²) in [6, 6.07) is 10.1. The van der Waals surface area contributed by atoms with Crippen LogP contribution in [0.3, 0.4) is 0 Å². The fourth-order valence-electron chi connectivity index (χ4n) is 3.00. The van der Waals surface area contributed by atoms with Gasteiger partial charge in [-0.05, 0) is 62.2 Å². The highest BCUT2D eigenvalue weighted by molar-refractivity contribution is 5.69. The lowest BCUT2D eigenvalue weighted by Gasteiger charge is -2.10. The van der Waals surface area contributed by atoms with Gasteiger partial charge in [-0.3, -0.25) is 14.9 Å². The van der Waals surface area contributed by atoms with Gasteiger partial charge in [0.15, 0.2) is 0 Å². The van der Waals surface area contributed by atoms with Crippen LogP contribution in [-0.2, 0) is 0 Å². The van der Waals surface area contributed by atoms with Gasteiger partial charge in [-0.25, -0.2) is 0 Å². The molecule has 8 nitrogen and oxygen atoms in total. The standard InChI is InChI=1S/C19H18N4O4/c1-11-5-4-6-15(9-11)22-12(2)10-14(13(22)3)7-8-16-20-18(24)17(23(26)27)19(25)21-16/h4-10H,1-3H3,(H2,20,21,24,25)/b8-7+. The van der Waals surface area contributed by atoms with E-state index in [1.807, 2.05) is 45.0 Å². The third-order valence-electron chi connectivity index (χ3n) is 4.23. The van der Waals surface area contributed by atoms with Gasteiger partial charge in [0.2, 0.25) is 0 Å². The van der Waals surface area contributed by atoms with Crippen molar-refractivity contribution in [3.05, 3.63) is 79.1 Å². The van der Waals surface area contributed by atoms with Crippen LogP contribution in [0.4, 0.5) is 5.69 Å². The Kier molecular flexibility index (Phi) is 4.64. The number of H-pyrrole nitrogens is 1. The van der Waals surface area contributed by atoms with Crippen LogP contribution in [-0.4, -0.2) is 24.6 Å². The van der Waals surface area contributed by atoms with Gasteiger partial charge >= 0.3 is 11.2 Å². The fourth-order valence-corrected chi connectivity index (χ4v) is 3.00. The summed E-state index contributed by atoms with van der Waals surface area (Å²) >= 11 is 0. The average Bonchev–Trinajstić information content (AvgIpc) is 2.85. The number of aryl methyl sites for hydroxylation is 2. The van der Waals surface area contributed by atoms with Crippen molar-refractivity contribution >= 4 is 17.8 Å². The van der Waals surface area contributed by atoms with E-state index in [4.69, 9.17) is 0 Å². The van der Waals surface area contributed by atoms with Crippen molar-refractivity contribution in [1.29, 1.82) is 0 Å². The molecule has 138 valence electrons. The maximum absolute atomic E-state index is 11.7. The molecule has 1 aromatic carbocycles. The molecule has 2 N–H and O–H groups in total. The maximum Gasteiger partial charge on any atom is 0.395 e. The summed E-state index contributed by atoms with van der Waals surface area (Å²) in [7, 11) is 0. The number of aromatic nitrogens is 3. The van der Waals surface area contributed by atoms with Crippen LogP contribution in [0.1, 0.15) is 28.3 Å². The number of benzene rings is 1. The summed E-state index contributed by atoms with van der Waals surface area (Å²) in [5, 5.41) is 20.3. The Hall–Kier alpha value is -3.68. The fraction of sp³-hybridized carbons (Fsp3) is 0.158. The van der Waals surface area contributed by atoms with E-state index in [-0.39, 0.29) is 5.82 Å². The second-order valence-corrected chi connectivity index (χ2v) is 6.21. The van der Waals surface area contributed by atoms with Crippen molar-refractivity contribution in [2.75, 3.05) is 0 Å². The number of aromatic hydroxyl groups is 1. The van der Waals surface area contributed by atoms with Gasteiger partial charge in [-0.1, -0.05) is 12.1 Å². The van der Waals surface area contributed by atoms with E-state index < -0.39 is 22.0 Å². The van der Waals surface area contributed by atoms with E-state index in [9.17, 15) is 20.0 Å². The molecule has 0 aliphatic heterocycles. The van der Waals surface area contributed by atoms with Crippen molar-refractivity contribution in [3.63, 3.8) is 0 Å². The average molecular weight is 366 g/mol. The van der Waals surface area contributed by atoms with Crippen LogP contribution in [0.25, 0.3) is 17.8 Å². The second kappa shape index (κ2) is 6.91. The lowest BCUT2D eigenvalue weighted by molar-refractivity contribution is -0.387. The van der Waals surface area contributed by atoms with Crippen LogP contribution in [0.2, 0.25) is 0 Å². The number of rotatable bonds is 4. The highest BCUT2D eigenvalue weighted by Gasteiger charge is 2.21. The van der Waals surface area contributed by atoms with E-state index in [2.05, 4.69) is 20.6 Å². The third kappa shape index (κ3) is 3.50. The normalized spacial score (nSPS) is 11.2. The summed E-state index contributed by atoms with van der Waals surface area (Å²) in [6.45, 7) is 5.99.